The molecule has 1 heterocycles. The highest BCUT2D eigenvalue weighted by atomic mass is 16.5. The molecule has 5 heteroatoms. The summed E-state index contributed by atoms with van der Waals surface area (Å²) in [6.45, 7) is 0.323. The van der Waals surface area contributed by atoms with Gasteiger partial charge in [-0.3, -0.25) is 4.79 Å². The minimum atomic E-state index is 0.323. The third kappa shape index (κ3) is 1.44. The monoisotopic (exact) mass is 167 g/mol. The first-order valence-electron chi connectivity index (χ1n) is 3.89. The molecule has 0 bridgehead atoms. The molecule has 1 aliphatic rings. The lowest BCUT2D eigenvalue weighted by Gasteiger charge is -1.87. The van der Waals surface area contributed by atoms with Crippen LogP contribution in [0.4, 0.5) is 0 Å². The van der Waals surface area contributed by atoms with Crippen LogP contribution in [-0.4, -0.2) is 16.6 Å². The normalized spacial score (nSPS) is 16.0. The van der Waals surface area contributed by atoms with Crippen molar-refractivity contribution in [3.63, 3.8) is 0 Å². The van der Waals surface area contributed by atoms with Gasteiger partial charge in [-0.1, -0.05) is 5.16 Å². The molecule has 1 saturated carbocycles. The molecular weight excluding hydrogens is 158 g/mol. The number of rotatable bonds is 4. The van der Waals surface area contributed by atoms with E-state index >= 15 is 0 Å². The number of nitrogens with one attached hydrogen (secondary N) is 1. The Balaban J connectivity index is 1.98. The van der Waals surface area contributed by atoms with Gasteiger partial charge in [0.1, 0.15) is 0 Å². The number of carbonyl (C=O) groups is 1. The molecule has 1 amide bonds. The van der Waals surface area contributed by atoms with Gasteiger partial charge in [-0.05, 0) is 12.8 Å². The minimum Gasteiger partial charge on any atom is -0.350 e. The van der Waals surface area contributed by atoms with Crippen LogP contribution in [0, 0.1) is 0 Å². The SMILES string of the molecule is O=CNCc1nc(C2CC2)no1. The van der Waals surface area contributed by atoms with Gasteiger partial charge in [0.05, 0.1) is 6.54 Å². The Bertz CT molecular complexity index is 280. The van der Waals surface area contributed by atoms with Gasteiger partial charge in [-0.25, -0.2) is 0 Å². The van der Waals surface area contributed by atoms with Crippen LogP contribution in [0.3, 0.4) is 0 Å². The van der Waals surface area contributed by atoms with E-state index in [1.165, 1.54) is 0 Å². The molecule has 1 N–H and O–H groups in total. The van der Waals surface area contributed by atoms with Gasteiger partial charge in [-0.15, -0.1) is 0 Å². The number of carbonyl (C=O) groups excluding carboxylic acids is 1. The van der Waals surface area contributed by atoms with E-state index in [4.69, 9.17) is 4.52 Å². The second-order valence-corrected chi connectivity index (χ2v) is 2.82. The van der Waals surface area contributed by atoms with Gasteiger partial charge < -0.3 is 9.84 Å². The molecule has 1 aromatic heterocycles. The molecule has 0 aliphatic heterocycles. The first-order chi connectivity index (χ1) is 5.90. The van der Waals surface area contributed by atoms with Crippen molar-refractivity contribution >= 4 is 6.41 Å². The molecule has 1 fully saturated rings. The average Bonchev–Trinajstić information content (AvgIpc) is 2.83. The summed E-state index contributed by atoms with van der Waals surface area (Å²) in [6, 6.07) is 0. The van der Waals surface area contributed by atoms with Gasteiger partial charge in [0, 0.05) is 5.92 Å². The zero-order valence-corrected chi connectivity index (χ0v) is 6.49. The maximum absolute atomic E-state index is 9.93. The molecule has 64 valence electrons. The molecule has 12 heavy (non-hydrogen) atoms. The Morgan fingerprint density at radius 2 is 2.50 bits per heavy atom. The lowest BCUT2D eigenvalue weighted by Crippen LogP contribution is -2.09. The second-order valence-electron chi connectivity index (χ2n) is 2.82. The average molecular weight is 167 g/mol. The fourth-order valence-electron chi connectivity index (χ4n) is 0.976. The summed E-state index contributed by atoms with van der Waals surface area (Å²) in [5, 5.41) is 6.25. The molecule has 1 aromatic rings. The summed E-state index contributed by atoms with van der Waals surface area (Å²) in [7, 11) is 0. The van der Waals surface area contributed by atoms with E-state index in [9.17, 15) is 4.79 Å². The third-order valence-corrected chi connectivity index (χ3v) is 1.76. The van der Waals surface area contributed by atoms with E-state index in [1.807, 2.05) is 0 Å². The fourth-order valence-corrected chi connectivity index (χ4v) is 0.976. The first kappa shape index (κ1) is 7.27. The Kier molecular flexibility index (Phi) is 1.77. The van der Waals surface area contributed by atoms with Crippen LogP contribution in [0.5, 0.6) is 0 Å². The van der Waals surface area contributed by atoms with E-state index in [-0.39, 0.29) is 0 Å². The summed E-state index contributed by atoms with van der Waals surface area (Å²) in [6.07, 6.45) is 2.92. The summed E-state index contributed by atoms with van der Waals surface area (Å²) in [4.78, 5) is 14.0. The number of aromatic nitrogens is 2. The Morgan fingerprint density at radius 3 is 3.17 bits per heavy atom. The van der Waals surface area contributed by atoms with Crippen molar-refractivity contribution in [2.75, 3.05) is 0 Å². The lowest BCUT2D eigenvalue weighted by atomic mass is 10.4. The molecular formula is C7H9N3O2. The number of hydrogen-bond donors (Lipinski definition) is 1. The van der Waals surface area contributed by atoms with E-state index in [2.05, 4.69) is 15.5 Å². The zero-order chi connectivity index (χ0) is 8.39. The maximum Gasteiger partial charge on any atom is 0.246 e. The van der Waals surface area contributed by atoms with Gasteiger partial charge in [0.25, 0.3) is 0 Å². The van der Waals surface area contributed by atoms with Crippen molar-refractivity contribution in [2.24, 2.45) is 0 Å². The van der Waals surface area contributed by atoms with E-state index in [1.54, 1.807) is 0 Å². The van der Waals surface area contributed by atoms with Crippen LogP contribution < -0.4 is 5.32 Å². The van der Waals surface area contributed by atoms with Gasteiger partial charge in [-0.2, -0.15) is 4.98 Å². The van der Waals surface area contributed by atoms with E-state index in [0.29, 0.717) is 24.8 Å². The number of hydrogen-bond acceptors (Lipinski definition) is 4. The topological polar surface area (TPSA) is 68.0 Å². The van der Waals surface area contributed by atoms with Crippen molar-refractivity contribution in [2.45, 2.75) is 25.3 Å². The summed E-state index contributed by atoms with van der Waals surface area (Å²) in [5.74, 6) is 1.75. The molecule has 1 aliphatic carbocycles. The van der Waals surface area contributed by atoms with Crippen molar-refractivity contribution in [3.8, 4) is 0 Å². The van der Waals surface area contributed by atoms with E-state index in [0.717, 1.165) is 18.7 Å². The van der Waals surface area contributed by atoms with Crippen molar-refractivity contribution in [1.29, 1.82) is 0 Å². The fraction of sp³-hybridized carbons (Fsp3) is 0.571. The molecule has 0 aromatic carbocycles. The Labute approximate surface area is 69.1 Å². The quantitative estimate of drug-likeness (QED) is 0.650. The molecule has 0 saturated heterocycles. The van der Waals surface area contributed by atoms with Crippen LogP contribution in [-0.2, 0) is 11.3 Å². The van der Waals surface area contributed by atoms with Crippen LogP contribution in [0.25, 0.3) is 0 Å². The Hall–Kier alpha value is -1.39. The zero-order valence-electron chi connectivity index (χ0n) is 6.49. The van der Waals surface area contributed by atoms with Crippen molar-refractivity contribution < 1.29 is 9.32 Å². The van der Waals surface area contributed by atoms with Crippen LogP contribution >= 0.6 is 0 Å². The van der Waals surface area contributed by atoms with Crippen molar-refractivity contribution in [3.05, 3.63) is 11.7 Å². The van der Waals surface area contributed by atoms with Gasteiger partial charge >= 0.3 is 0 Å². The predicted octanol–water partition coefficient (Wildman–Crippen LogP) is 0.193. The standard InChI is InChI=1S/C7H9N3O2/c11-4-8-3-6-9-7(10-12-6)5-1-2-5/h4-5H,1-3H2,(H,8,11). The third-order valence-electron chi connectivity index (χ3n) is 1.76. The number of nitrogens with zero attached hydrogens (tertiary/aromatic N) is 2. The van der Waals surface area contributed by atoms with Gasteiger partial charge in [0.2, 0.25) is 12.3 Å². The second kappa shape index (κ2) is 2.92. The summed E-state index contributed by atoms with van der Waals surface area (Å²) in [5.41, 5.74) is 0. The van der Waals surface area contributed by atoms with Crippen molar-refractivity contribution in [1.82, 2.24) is 15.5 Å². The first-order valence-corrected chi connectivity index (χ1v) is 3.89. The van der Waals surface area contributed by atoms with Gasteiger partial charge in [0.15, 0.2) is 5.82 Å². The highest BCUT2D eigenvalue weighted by Gasteiger charge is 2.28. The van der Waals surface area contributed by atoms with Crippen LogP contribution in [0.2, 0.25) is 0 Å². The lowest BCUT2D eigenvalue weighted by molar-refractivity contribution is -0.109. The summed E-state index contributed by atoms with van der Waals surface area (Å²) >= 11 is 0. The molecule has 0 atom stereocenters. The maximum atomic E-state index is 9.93. The molecule has 5 nitrogen and oxygen atoms in total. The largest absolute Gasteiger partial charge is 0.350 e. The predicted molar refractivity (Wildman–Crippen MR) is 39.2 cm³/mol. The Morgan fingerprint density at radius 1 is 1.67 bits per heavy atom. The van der Waals surface area contributed by atoms with Crippen LogP contribution in [0.15, 0.2) is 4.52 Å². The molecule has 0 radical (unpaired) electrons. The smallest absolute Gasteiger partial charge is 0.246 e. The number of amides is 1. The highest BCUT2D eigenvalue weighted by molar-refractivity contribution is 5.45. The minimum absolute atomic E-state index is 0.323. The molecule has 2 rings (SSSR count). The molecule has 0 spiro atoms. The van der Waals surface area contributed by atoms with E-state index < -0.39 is 0 Å². The van der Waals surface area contributed by atoms with Crippen LogP contribution in [0.1, 0.15) is 30.5 Å². The highest BCUT2D eigenvalue weighted by Crippen LogP contribution is 2.37. The summed E-state index contributed by atoms with van der Waals surface area (Å²) < 4.78 is 4.89. The molecule has 0 unspecified atom stereocenters.